The summed E-state index contributed by atoms with van der Waals surface area (Å²) < 4.78 is 34.6. The third kappa shape index (κ3) is 14.0. The van der Waals surface area contributed by atoms with E-state index in [0.717, 1.165) is 51.0 Å². The molecule has 7 rings (SSSR count). The molecule has 0 bridgehead atoms. The third-order valence-corrected chi connectivity index (χ3v) is 9.82. The number of benzene rings is 2. The summed E-state index contributed by atoms with van der Waals surface area (Å²) in [5.41, 5.74) is 9.93. The summed E-state index contributed by atoms with van der Waals surface area (Å²) in [6.45, 7) is 17.8. The monoisotopic (exact) mass is 947 g/mol. The molecule has 68 heavy (non-hydrogen) atoms. The summed E-state index contributed by atoms with van der Waals surface area (Å²) in [5, 5.41) is 15.4. The van der Waals surface area contributed by atoms with Crippen molar-refractivity contribution in [2.45, 2.75) is 93.2 Å². The maximum absolute atomic E-state index is 12.3. The van der Waals surface area contributed by atoms with E-state index >= 15 is 0 Å². The van der Waals surface area contributed by atoms with Crippen LogP contribution in [0.2, 0.25) is 0 Å². The van der Waals surface area contributed by atoms with Crippen LogP contribution in [0.4, 0.5) is 21.2 Å². The number of imidazole rings is 2. The van der Waals surface area contributed by atoms with Crippen LogP contribution in [0.15, 0.2) is 48.5 Å². The predicted molar refractivity (Wildman–Crippen MR) is 255 cm³/mol. The van der Waals surface area contributed by atoms with Crippen LogP contribution >= 0.6 is 0 Å². The van der Waals surface area contributed by atoms with E-state index in [-0.39, 0.29) is 39.5 Å². The van der Waals surface area contributed by atoms with Crippen LogP contribution in [-0.2, 0) is 69.2 Å². The van der Waals surface area contributed by atoms with Gasteiger partial charge in [-0.05, 0) is 45.2 Å². The largest absolute Gasteiger partial charge is 0.534 e. The van der Waals surface area contributed by atoms with Crippen LogP contribution < -0.4 is 11.1 Å². The fourth-order valence-electron chi connectivity index (χ4n) is 7.00. The highest BCUT2D eigenvalue weighted by atomic mass is 16.8. The minimum atomic E-state index is -1.09. The molecule has 370 valence electrons. The maximum Gasteiger partial charge on any atom is 0.534 e. The Labute approximate surface area is 395 Å². The zero-order valence-electron chi connectivity index (χ0n) is 40.2. The first kappa shape index (κ1) is 52.4. The molecule has 1 saturated heterocycles. The number of rotatable bonds is 17. The normalized spacial score (nSPS) is 12.9. The lowest BCUT2D eigenvalue weighted by molar-refractivity contribution is -0.177. The molecule has 0 spiro atoms. The highest BCUT2D eigenvalue weighted by Gasteiger charge is 2.33. The van der Waals surface area contributed by atoms with Crippen molar-refractivity contribution < 1.29 is 59.0 Å². The number of aromatic nitrogens is 6. The fraction of sp³-hybridized carbons (Fsp3) is 0.489. The number of hydrogen-bond acceptors (Lipinski definition) is 17. The third-order valence-electron chi connectivity index (χ3n) is 9.82. The van der Waals surface area contributed by atoms with Crippen LogP contribution in [0, 0.1) is 5.41 Å². The van der Waals surface area contributed by atoms with Crippen molar-refractivity contribution >= 4 is 79.6 Å². The quantitative estimate of drug-likeness (QED) is 0.0476. The van der Waals surface area contributed by atoms with E-state index in [1.807, 2.05) is 66.9 Å². The number of aliphatic hydroxyl groups is 1. The molecule has 4 N–H and O–H groups in total. The van der Waals surface area contributed by atoms with Crippen molar-refractivity contribution in [3.05, 3.63) is 60.2 Å². The van der Waals surface area contributed by atoms with Gasteiger partial charge in [0, 0.05) is 59.0 Å². The summed E-state index contributed by atoms with van der Waals surface area (Å²) in [4.78, 5) is 68.1. The zero-order chi connectivity index (χ0) is 49.6. The minimum absolute atomic E-state index is 0. The number of imide groups is 1. The molecule has 4 aromatic heterocycles. The van der Waals surface area contributed by atoms with Crippen molar-refractivity contribution in [1.82, 2.24) is 34.1 Å². The Morgan fingerprint density at radius 2 is 1.22 bits per heavy atom. The Morgan fingerprint density at radius 1 is 0.721 bits per heavy atom. The van der Waals surface area contributed by atoms with Crippen LogP contribution in [0.5, 0.6) is 0 Å². The van der Waals surface area contributed by atoms with E-state index < -0.39 is 29.7 Å². The number of carbonyl (C=O) groups is 4. The Bertz CT molecular complexity index is 2680. The summed E-state index contributed by atoms with van der Waals surface area (Å²) >= 11 is 0. The second-order valence-electron chi connectivity index (χ2n) is 17.3. The molecular formula is C47H65N9O12. The van der Waals surface area contributed by atoms with Crippen molar-refractivity contribution in [1.29, 1.82) is 0 Å². The van der Waals surface area contributed by atoms with E-state index in [1.54, 1.807) is 21.0 Å². The minimum Gasteiger partial charge on any atom is -0.447 e. The lowest BCUT2D eigenvalue weighted by atomic mass is 9.96. The molecule has 0 aliphatic carbocycles. The Kier molecular flexibility index (Phi) is 18.5. The molecule has 3 amide bonds. The zero-order valence-corrected chi connectivity index (χ0v) is 40.2. The molecule has 0 atom stereocenters. The standard InChI is InChI=1S/C22H30N4O4.C17H22N4O2.C8H11NO6.H2/c1-6-29-13-17-24-18-19(26(17)14-22(2,3)4)15-9-7-8-10-16(15)23-20(18)25-21(27)30-12-11-28-5;1-4-23-9-13-20-14-15(21(13)10-17(2,3)22)11-7-5-6-8-12(11)19-16(14)18;1-13-4-5-14-8(12)15-9-6(10)2-3-7(9)11;/h7-10H,6,11-14H2,1-5H3,(H,23,25,27);5-8,22H,4,9-10H2,1-3H3,(H2,18,19);2-5H2,1H3;1H. The molecule has 1 fully saturated rings. The number of fused-ring (bicyclic) bond motifs is 6. The number of nitrogens with two attached hydrogens (primary N) is 1. The first-order valence-corrected chi connectivity index (χ1v) is 22.2. The average molecular weight is 948 g/mol. The number of nitrogen functional groups attached to an aromatic ring is 1. The number of methoxy groups -OCH3 is 2. The second-order valence-corrected chi connectivity index (χ2v) is 17.3. The van der Waals surface area contributed by atoms with Crippen molar-refractivity contribution in [3.63, 3.8) is 0 Å². The van der Waals surface area contributed by atoms with Gasteiger partial charge in [0.1, 0.15) is 49.1 Å². The number of nitrogens with one attached hydrogen (secondary N) is 1. The molecular weight excluding hydrogens is 883 g/mol. The predicted octanol–water partition coefficient (Wildman–Crippen LogP) is 6.93. The summed E-state index contributed by atoms with van der Waals surface area (Å²) in [6.07, 6.45) is -1.56. The van der Waals surface area contributed by atoms with Gasteiger partial charge in [0.2, 0.25) is 0 Å². The van der Waals surface area contributed by atoms with Gasteiger partial charge in [-0.15, -0.1) is 0 Å². The number of carbonyl (C=O) groups excluding carboxylic acids is 4. The molecule has 0 unspecified atom stereocenters. The summed E-state index contributed by atoms with van der Waals surface area (Å²) in [6, 6.07) is 15.7. The molecule has 5 heterocycles. The summed E-state index contributed by atoms with van der Waals surface area (Å²) in [7, 11) is 3.00. The van der Waals surface area contributed by atoms with Gasteiger partial charge >= 0.3 is 12.2 Å². The van der Waals surface area contributed by atoms with Crippen molar-refractivity contribution in [2.75, 3.05) is 64.9 Å². The number of hydrogen-bond donors (Lipinski definition) is 3. The Balaban J connectivity index is 0.000000236. The summed E-state index contributed by atoms with van der Waals surface area (Å²) in [5.74, 6) is 1.24. The lowest BCUT2D eigenvalue weighted by Gasteiger charge is -2.21. The molecule has 1 aliphatic heterocycles. The first-order chi connectivity index (χ1) is 32.4. The van der Waals surface area contributed by atoms with E-state index in [2.05, 4.69) is 59.9 Å². The highest BCUT2D eigenvalue weighted by molar-refractivity contribution is 6.09. The average Bonchev–Trinajstić information content (AvgIpc) is 3.94. The number of pyridine rings is 2. The first-order valence-electron chi connectivity index (χ1n) is 22.2. The van der Waals surface area contributed by atoms with Crippen molar-refractivity contribution in [3.8, 4) is 0 Å². The van der Waals surface area contributed by atoms with Gasteiger partial charge in [0.05, 0.1) is 47.4 Å². The van der Waals surface area contributed by atoms with Crippen LogP contribution in [0.3, 0.4) is 0 Å². The topological polar surface area (TPSA) is 256 Å². The number of nitrogens with zero attached hydrogens (tertiary/aromatic N) is 7. The van der Waals surface area contributed by atoms with Gasteiger partial charge in [-0.1, -0.05) is 62.2 Å². The Morgan fingerprint density at radius 3 is 1.75 bits per heavy atom. The molecule has 0 saturated carbocycles. The van der Waals surface area contributed by atoms with E-state index in [9.17, 15) is 24.3 Å². The SMILES string of the molecule is CCOCc1nc2c(N)nc3ccccc3c2n1CC(C)(C)O.CCOCc1nc2c(NC(=O)OCCOC)nc3ccccc3c2n1CC(C)(C)C.COCCOC(=O)ON1C(=O)CCC1=O.[HH]. The van der Waals surface area contributed by atoms with Crippen LogP contribution in [0.25, 0.3) is 43.9 Å². The molecule has 21 heteroatoms. The van der Waals surface area contributed by atoms with Gasteiger partial charge in [0.15, 0.2) is 11.6 Å². The number of anilines is 2. The fourth-order valence-corrected chi connectivity index (χ4v) is 7.00. The molecule has 6 aromatic rings. The number of hydroxylamine groups is 2. The van der Waals surface area contributed by atoms with Gasteiger partial charge < -0.3 is 48.4 Å². The Hall–Kier alpha value is -6.52. The van der Waals surface area contributed by atoms with Crippen LogP contribution in [-0.4, -0.2) is 123 Å². The van der Waals surface area contributed by atoms with E-state index in [1.165, 1.54) is 7.11 Å². The second kappa shape index (κ2) is 24.0. The van der Waals surface area contributed by atoms with Crippen LogP contribution in [0.1, 0.15) is 74.4 Å². The molecule has 0 radical (unpaired) electrons. The molecule has 1 aliphatic rings. The van der Waals surface area contributed by atoms with Crippen molar-refractivity contribution in [2.24, 2.45) is 5.41 Å². The molecule has 21 nitrogen and oxygen atoms in total. The highest BCUT2D eigenvalue weighted by Crippen LogP contribution is 2.33. The van der Waals surface area contributed by atoms with Gasteiger partial charge in [-0.2, -0.15) is 0 Å². The van der Waals surface area contributed by atoms with E-state index in [0.29, 0.717) is 67.3 Å². The number of ether oxygens (including phenoxy) is 6. The van der Waals surface area contributed by atoms with E-state index in [4.69, 9.17) is 29.7 Å². The number of para-hydroxylation sites is 2. The van der Waals surface area contributed by atoms with Gasteiger partial charge in [0.25, 0.3) is 11.8 Å². The smallest absolute Gasteiger partial charge is 0.447 e. The van der Waals surface area contributed by atoms with Gasteiger partial charge in [-0.3, -0.25) is 19.7 Å². The maximum atomic E-state index is 12.3. The lowest BCUT2D eigenvalue weighted by Crippen LogP contribution is -2.32. The number of amides is 3. The van der Waals surface area contributed by atoms with Gasteiger partial charge in [-0.25, -0.2) is 29.5 Å². The molecule has 2 aromatic carbocycles.